The highest BCUT2D eigenvalue weighted by Gasteiger charge is 2.29. The zero-order valence-electron chi connectivity index (χ0n) is 19.1. The van der Waals surface area contributed by atoms with E-state index in [0.29, 0.717) is 43.4 Å². The number of sulfone groups is 1. The van der Waals surface area contributed by atoms with Gasteiger partial charge in [-0.2, -0.15) is 4.31 Å². The quantitative estimate of drug-likeness (QED) is 0.606. The minimum Gasteiger partial charge on any atom is -0.497 e. The van der Waals surface area contributed by atoms with Crippen LogP contribution in [0.15, 0.2) is 58.3 Å². The fourth-order valence-corrected chi connectivity index (χ4v) is 6.37. The van der Waals surface area contributed by atoms with Crippen molar-refractivity contribution in [2.24, 2.45) is 0 Å². The number of nitrogens with zero attached hydrogens (tertiary/aromatic N) is 2. The zero-order chi connectivity index (χ0) is 23.6. The molecule has 1 aliphatic heterocycles. The van der Waals surface area contributed by atoms with Crippen molar-refractivity contribution in [2.45, 2.75) is 36.0 Å². The van der Waals surface area contributed by atoms with Crippen molar-refractivity contribution in [2.75, 3.05) is 45.6 Å². The Morgan fingerprint density at radius 3 is 2.06 bits per heavy atom. The van der Waals surface area contributed by atoms with Crippen molar-refractivity contribution in [3.8, 4) is 5.75 Å². The largest absolute Gasteiger partial charge is 0.497 e. The van der Waals surface area contributed by atoms with E-state index in [4.69, 9.17) is 4.74 Å². The fraction of sp³-hybridized carbons (Fsp3) is 0.478. The van der Waals surface area contributed by atoms with Gasteiger partial charge in [-0.05, 0) is 41.3 Å². The molecule has 7 nitrogen and oxygen atoms in total. The molecule has 2 aromatic carbocycles. The summed E-state index contributed by atoms with van der Waals surface area (Å²) in [5, 5.41) is 0. The standard InChI is InChI=1S/C23H32N2O5S2/c1-23(2,3)19-8-10-21(11-9-19)32(28,29)25-14-12-24(13-15-25)16-17-31(26,27)22-7-5-6-20(18-22)30-4/h5-11,18H,12-17H2,1-4H3. The molecule has 0 spiro atoms. The van der Waals surface area contributed by atoms with Gasteiger partial charge < -0.3 is 4.74 Å². The first-order valence-electron chi connectivity index (χ1n) is 10.6. The van der Waals surface area contributed by atoms with E-state index in [0.717, 1.165) is 5.56 Å². The number of hydrogen-bond donors (Lipinski definition) is 0. The van der Waals surface area contributed by atoms with Gasteiger partial charge in [0.25, 0.3) is 0 Å². The summed E-state index contributed by atoms with van der Waals surface area (Å²) in [5.41, 5.74) is 1.04. The Bertz CT molecular complexity index is 1130. The summed E-state index contributed by atoms with van der Waals surface area (Å²) in [4.78, 5) is 2.52. The van der Waals surface area contributed by atoms with Crippen molar-refractivity contribution < 1.29 is 21.6 Å². The Labute approximate surface area is 192 Å². The van der Waals surface area contributed by atoms with Gasteiger partial charge in [-0.25, -0.2) is 16.8 Å². The third-order valence-electron chi connectivity index (χ3n) is 5.77. The van der Waals surface area contributed by atoms with Gasteiger partial charge in [-0.1, -0.05) is 39.0 Å². The van der Waals surface area contributed by atoms with E-state index in [1.165, 1.54) is 17.5 Å². The van der Waals surface area contributed by atoms with E-state index in [1.807, 2.05) is 17.0 Å². The lowest BCUT2D eigenvalue weighted by Crippen LogP contribution is -2.49. The lowest BCUT2D eigenvalue weighted by atomic mass is 9.87. The second-order valence-corrected chi connectivity index (χ2v) is 13.1. The third kappa shape index (κ3) is 5.70. The molecule has 0 unspecified atom stereocenters. The molecule has 0 radical (unpaired) electrons. The number of methoxy groups -OCH3 is 1. The summed E-state index contributed by atoms with van der Waals surface area (Å²) in [6.07, 6.45) is 0. The summed E-state index contributed by atoms with van der Waals surface area (Å²) in [7, 11) is -5.52. The van der Waals surface area contributed by atoms with Gasteiger partial charge in [-0.15, -0.1) is 0 Å². The van der Waals surface area contributed by atoms with Crippen LogP contribution in [0.5, 0.6) is 5.75 Å². The molecule has 3 rings (SSSR count). The molecular weight excluding hydrogens is 448 g/mol. The van der Waals surface area contributed by atoms with Gasteiger partial charge in [0.15, 0.2) is 9.84 Å². The molecule has 0 amide bonds. The number of benzene rings is 2. The van der Waals surface area contributed by atoms with Crippen LogP contribution in [0, 0.1) is 0 Å². The van der Waals surface area contributed by atoms with Gasteiger partial charge in [0, 0.05) is 32.7 Å². The topological polar surface area (TPSA) is 84.0 Å². The van der Waals surface area contributed by atoms with Crippen molar-refractivity contribution in [3.63, 3.8) is 0 Å². The molecule has 1 aliphatic rings. The number of sulfonamides is 1. The van der Waals surface area contributed by atoms with Crippen LogP contribution in [-0.2, 0) is 25.3 Å². The summed E-state index contributed by atoms with van der Waals surface area (Å²) in [6, 6.07) is 13.5. The van der Waals surface area contributed by atoms with E-state index in [-0.39, 0.29) is 16.1 Å². The van der Waals surface area contributed by atoms with E-state index in [2.05, 4.69) is 20.8 Å². The molecule has 0 aromatic heterocycles. The highest BCUT2D eigenvalue weighted by molar-refractivity contribution is 7.91. The fourth-order valence-electron chi connectivity index (χ4n) is 3.63. The van der Waals surface area contributed by atoms with Crippen molar-refractivity contribution >= 4 is 19.9 Å². The molecule has 0 aliphatic carbocycles. The van der Waals surface area contributed by atoms with E-state index in [9.17, 15) is 16.8 Å². The Hall–Kier alpha value is -1.94. The Balaban J connectivity index is 1.58. The Kier molecular flexibility index (Phi) is 7.34. The van der Waals surface area contributed by atoms with E-state index in [1.54, 1.807) is 30.3 Å². The molecule has 0 saturated carbocycles. The third-order valence-corrected chi connectivity index (χ3v) is 9.37. The molecule has 176 valence electrons. The molecule has 2 aromatic rings. The van der Waals surface area contributed by atoms with Gasteiger partial charge >= 0.3 is 0 Å². The summed E-state index contributed by atoms with van der Waals surface area (Å²) < 4.78 is 57.9. The van der Waals surface area contributed by atoms with E-state index < -0.39 is 19.9 Å². The Morgan fingerprint density at radius 2 is 1.50 bits per heavy atom. The highest BCUT2D eigenvalue weighted by atomic mass is 32.2. The SMILES string of the molecule is COc1cccc(S(=O)(=O)CCN2CCN(S(=O)(=O)c3ccc(C(C)(C)C)cc3)CC2)c1. The normalized spacial score (nSPS) is 16.8. The molecule has 1 heterocycles. The monoisotopic (exact) mass is 480 g/mol. The smallest absolute Gasteiger partial charge is 0.243 e. The van der Waals surface area contributed by atoms with Crippen LogP contribution in [-0.4, -0.2) is 71.6 Å². The summed E-state index contributed by atoms with van der Waals surface area (Å²) in [6.45, 7) is 8.28. The first-order chi connectivity index (χ1) is 14.9. The Morgan fingerprint density at radius 1 is 0.875 bits per heavy atom. The second-order valence-electron chi connectivity index (χ2n) is 9.02. The zero-order valence-corrected chi connectivity index (χ0v) is 20.7. The maximum atomic E-state index is 13.0. The van der Waals surface area contributed by atoms with Crippen molar-refractivity contribution in [3.05, 3.63) is 54.1 Å². The summed E-state index contributed by atoms with van der Waals surface area (Å²) >= 11 is 0. The minimum absolute atomic E-state index is 0.0266. The molecule has 0 N–H and O–H groups in total. The van der Waals surface area contributed by atoms with Crippen LogP contribution in [0.3, 0.4) is 0 Å². The number of hydrogen-bond acceptors (Lipinski definition) is 6. The van der Waals surface area contributed by atoms with Gasteiger partial charge in [0.1, 0.15) is 5.75 Å². The number of piperazine rings is 1. The predicted molar refractivity (Wildman–Crippen MR) is 125 cm³/mol. The average Bonchev–Trinajstić information content (AvgIpc) is 2.77. The van der Waals surface area contributed by atoms with Crippen LogP contribution in [0.1, 0.15) is 26.3 Å². The van der Waals surface area contributed by atoms with Crippen LogP contribution in [0.4, 0.5) is 0 Å². The second kappa shape index (κ2) is 9.51. The van der Waals surface area contributed by atoms with Crippen LogP contribution < -0.4 is 4.74 Å². The van der Waals surface area contributed by atoms with Gasteiger partial charge in [0.05, 0.1) is 22.7 Å². The van der Waals surface area contributed by atoms with Gasteiger partial charge in [0.2, 0.25) is 10.0 Å². The van der Waals surface area contributed by atoms with Crippen LogP contribution in [0.2, 0.25) is 0 Å². The lowest BCUT2D eigenvalue weighted by Gasteiger charge is -2.34. The first-order valence-corrected chi connectivity index (χ1v) is 13.7. The highest BCUT2D eigenvalue weighted by Crippen LogP contribution is 2.25. The number of ether oxygens (including phenoxy) is 1. The van der Waals surface area contributed by atoms with Crippen molar-refractivity contribution in [1.29, 1.82) is 0 Å². The van der Waals surface area contributed by atoms with Gasteiger partial charge in [-0.3, -0.25) is 4.90 Å². The summed E-state index contributed by atoms with van der Waals surface area (Å²) in [5.74, 6) is 0.474. The molecule has 0 atom stereocenters. The maximum absolute atomic E-state index is 13.0. The van der Waals surface area contributed by atoms with Crippen LogP contribution >= 0.6 is 0 Å². The molecular formula is C23H32N2O5S2. The minimum atomic E-state index is -3.57. The molecule has 32 heavy (non-hydrogen) atoms. The van der Waals surface area contributed by atoms with E-state index >= 15 is 0 Å². The maximum Gasteiger partial charge on any atom is 0.243 e. The molecule has 0 bridgehead atoms. The predicted octanol–water partition coefficient (Wildman–Crippen LogP) is 2.77. The first kappa shape index (κ1) is 24.7. The van der Waals surface area contributed by atoms with Crippen molar-refractivity contribution in [1.82, 2.24) is 9.21 Å². The van der Waals surface area contributed by atoms with Crippen LogP contribution in [0.25, 0.3) is 0 Å². The number of rotatable bonds is 7. The molecule has 1 fully saturated rings. The average molecular weight is 481 g/mol. The lowest BCUT2D eigenvalue weighted by molar-refractivity contribution is 0.197. The molecule has 1 saturated heterocycles. The molecule has 9 heteroatoms.